The fraction of sp³-hybridized carbons (Fsp3) is 0.800. The zero-order valence-electron chi connectivity index (χ0n) is 5.32. The average Bonchev–Trinajstić information content (AvgIpc) is 2.10. The monoisotopic (exact) mass is 163 g/mol. The summed E-state index contributed by atoms with van der Waals surface area (Å²) < 4.78 is 10.7. The van der Waals surface area contributed by atoms with Gasteiger partial charge in [0.1, 0.15) is 0 Å². The minimum absolute atomic E-state index is 0.219. The maximum atomic E-state index is 10.7. The normalized spacial score (nSPS) is 39.9. The van der Waals surface area contributed by atoms with E-state index in [9.17, 15) is 9.00 Å². The van der Waals surface area contributed by atoms with Crippen LogP contribution in [0.3, 0.4) is 0 Å². The Balaban J connectivity index is 2.63. The molecule has 1 aliphatic rings. The van der Waals surface area contributed by atoms with Crippen LogP contribution in [0, 0.1) is 5.92 Å². The molecule has 58 valence electrons. The Labute approximate surface area is 60.9 Å². The van der Waals surface area contributed by atoms with E-state index in [0.717, 1.165) is 0 Å². The molecule has 1 heterocycles. The van der Waals surface area contributed by atoms with Crippen LogP contribution in [0.4, 0.5) is 0 Å². The molecule has 1 saturated heterocycles. The average molecular weight is 163 g/mol. The Morgan fingerprint density at radius 3 is 2.40 bits per heavy atom. The highest BCUT2D eigenvalue weighted by molar-refractivity contribution is 7.85. The van der Waals surface area contributed by atoms with Crippen molar-refractivity contribution in [1.29, 1.82) is 0 Å². The number of nitrogens with two attached hydrogens (primary N) is 1. The number of rotatable bonds is 1. The van der Waals surface area contributed by atoms with E-state index < -0.39 is 28.7 Å². The molecule has 0 bridgehead atoms. The van der Waals surface area contributed by atoms with Gasteiger partial charge in [0.05, 0.1) is 5.92 Å². The molecule has 1 rings (SSSR count). The van der Waals surface area contributed by atoms with Crippen LogP contribution in [-0.2, 0) is 15.6 Å². The van der Waals surface area contributed by atoms with Crippen LogP contribution in [0.1, 0.15) is 0 Å². The van der Waals surface area contributed by atoms with Gasteiger partial charge in [0.15, 0.2) is 0 Å². The van der Waals surface area contributed by atoms with Gasteiger partial charge < -0.3 is 10.8 Å². The van der Waals surface area contributed by atoms with Crippen molar-refractivity contribution in [2.24, 2.45) is 11.7 Å². The lowest BCUT2D eigenvalue weighted by Gasteiger charge is -2.05. The first kappa shape index (κ1) is 7.68. The van der Waals surface area contributed by atoms with Gasteiger partial charge in [0, 0.05) is 28.3 Å². The molecule has 0 aromatic carbocycles. The number of carboxylic acids is 1. The van der Waals surface area contributed by atoms with Gasteiger partial charge in [0.25, 0.3) is 0 Å². The van der Waals surface area contributed by atoms with E-state index in [4.69, 9.17) is 10.8 Å². The summed E-state index contributed by atoms with van der Waals surface area (Å²) in [6, 6.07) is -0.418. The Morgan fingerprint density at radius 2 is 2.20 bits per heavy atom. The van der Waals surface area contributed by atoms with E-state index in [1.54, 1.807) is 0 Å². The SMILES string of the molecule is NC1CS(=O)CC1C(=O)O. The largest absolute Gasteiger partial charge is 0.481 e. The van der Waals surface area contributed by atoms with Crippen LogP contribution in [0.2, 0.25) is 0 Å². The standard InChI is InChI=1S/C5H9NO3S/c6-4-2-10(9)1-3(4)5(7)8/h3-4H,1-2,6H2,(H,7,8). The molecule has 0 spiro atoms. The molecule has 1 fully saturated rings. The predicted molar refractivity (Wildman–Crippen MR) is 37.0 cm³/mol. The summed E-state index contributed by atoms with van der Waals surface area (Å²) in [5.74, 6) is -0.979. The zero-order chi connectivity index (χ0) is 7.72. The molecule has 3 atom stereocenters. The second kappa shape index (κ2) is 2.67. The van der Waals surface area contributed by atoms with Gasteiger partial charge in [-0.15, -0.1) is 0 Å². The Bertz CT molecular complexity index is 182. The van der Waals surface area contributed by atoms with Crippen molar-refractivity contribution >= 4 is 16.8 Å². The van der Waals surface area contributed by atoms with Gasteiger partial charge in [-0.1, -0.05) is 0 Å². The molecule has 3 unspecified atom stereocenters. The lowest BCUT2D eigenvalue weighted by atomic mass is 10.1. The number of carboxylic acid groups (broad SMARTS) is 1. The third kappa shape index (κ3) is 1.35. The first-order valence-corrected chi connectivity index (χ1v) is 4.43. The van der Waals surface area contributed by atoms with Gasteiger partial charge in [0.2, 0.25) is 0 Å². The van der Waals surface area contributed by atoms with Crippen molar-refractivity contribution in [3.8, 4) is 0 Å². The first-order chi connectivity index (χ1) is 4.61. The molecule has 0 radical (unpaired) electrons. The zero-order valence-corrected chi connectivity index (χ0v) is 6.13. The van der Waals surface area contributed by atoms with E-state index in [-0.39, 0.29) is 5.75 Å². The molecule has 5 heteroatoms. The van der Waals surface area contributed by atoms with Gasteiger partial charge in [-0.25, -0.2) is 0 Å². The molecule has 0 aromatic heterocycles. The highest BCUT2D eigenvalue weighted by Crippen LogP contribution is 2.13. The maximum Gasteiger partial charge on any atom is 0.309 e. The molecule has 3 N–H and O–H groups in total. The predicted octanol–water partition coefficient (Wildman–Crippen LogP) is -1.22. The van der Waals surface area contributed by atoms with Crippen molar-refractivity contribution < 1.29 is 14.1 Å². The van der Waals surface area contributed by atoms with Crippen LogP contribution in [0.25, 0.3) is 0 Å². The molecule has 0 amide bonds. The van der Waals surface area contributed by atoms with Gasteiger partial charge >= 0.3 is 5.97 Å². The smallest absolute Gasteiger partial charge is 0.309 e. The van der Waals surface area contributed by atoms with Gasteiger partial charge in [-0.05, 0) is 0 Å². The summed E-state index contributed by atoms with van der Waals surface area (Å²) in [6.45, 7) is 0. The minimum atomic E-state index is -1.01. The number of hydrogen-bond acceptors (Lipinski definition) is 3. The van der Waals surface area contributed by atoms with Crippen molar-refractivity contribution in [1.82, 2.24) is 0 Å². The van der Waals surface area contributed by atoms with E-state index >= 15 is 0 Å². The van der Waals surface area contributed by atoms with Crippen LogP contribution < -0.4 is 5.73 Å². The highest BCUT2D eigenvalue weighted by Gasteiger charge is 2.34. The van der Waals surface area contributed by atoms with Crippen molar-refractivity contribution in [3.63, 3.8) is 0 Å². The fourth-order valence-corrected chi connectivity index (χ4v) is 2.57. The Hall–Kier alpha value is -0.420. The van der Waals surface area contributed by atoms with Crippen LogP contribution >= 0.6 is 0 Å². The maximum absolute atomic E-state index is 10.7. The second-order valence-corrected chi connectivity index (χ2v) is 3.93. The van der Waals surface area contributed by atoms with Gasteiger partial charge in [-0.2, -0.15) is 0 Å². The number of aliphatic carboxylic acids is 1. The summed E-state index contributed by atoms with van der Waals surface area (Å²) >= 11 is 0. The van der Waals surface area contributed by atoms with E-state index in [1.165, 1.54) is 0 Å². The van der Waals surface area contributed by atoms with E-state index in [2.05, 4.69) is 0 Å². The molecule has 10 heavy (non-hydrogen) atoms. The third-order valence-corrected chi connectivity index (χ3v) is 3.07. The molecule has 4 nitrogen and oxygen atoms in total. The van der Waals surface area contributed by atoms with Crippen LogP contribution in [-0.4, -0.2) is 32.8 Å². The molecular formula is C5H9NO3S. The van der Waals surface area contributed by atoms with Crippen LogP contribution in [0.15, 0.2) is 0 Å². The summed E-state index contributed by atoms with van der Waals surface area (Å²) in [7, 11) is -1.01. The van der Waals surface area contributed by atoms with E-state index in [1.807, 2.05) is 0 Å². The first-order valence-electron chi connectivity index (χ1n) is 2.94. The van der Waals surface area contributed by atoms with Gasteiger partial charge in [-0.3, -0.25) is 9.00 Å². The second-order valence-electron chi connectivity index (χ2n) is 2.38. The summed E-state index contributed by atoms with van der Waals surface area (Å²) in [6.07, 6.45) is 0. The third-order valence-electron chi connectivity index (χ3n) is 1.58. The lowest BCUT2D eigenvalue weighted by Crippen LogP contribution is -2.33. The van der Waals surface area contributed by atoms with Crippen molar-refractivity contribution in [2.75, 3.05) is 11.5 Å². The molecule has 0 saturated carbocycles. The minimum Gasteiger partial charge on any atom is -0.481 e. The molecular weight excluding hydrogens is 154 g/mol. The van der Waals surface area contributed by atoms with Crippen molar-refractivity contribution in [3.05, 3.63) is 0 Å². The Morgan fingerprint density at radius 1 is 1.60 bits per heavy atom. The molecule has 0 aromatic rings. The molecule has 0 aliphatic carbocycles. The fourth-order valence-electron chi connectivity index (χ4n) is 0.977. The quantitative estimate of drug-likeness (QED) is 0.507. The molecule has 1 aliphatic heterocycles. The lowest BCUT2D eigenvalue weighted by molar-refractivity contribution is -0.141. The van der Waals surface area contributed by atoms with Crippen LogP contribution in [0.5, 0.6) is 0 Å². The van der Waals surface area contributed by atoms with Crippen molar-refractivity contribution in [2.45, 2.75) is 6.04 Å². The Kier molecular flexibility index (Phi) is 2.05. The topological polar surface area (TPSA) is 80.4 Å². The number of carbonyl (C=O) groups is 1. The highest BCUT2D eigenvalue weighted by atomic mass is 32.2. The summed E-state index contributed by atoms with van der Waals surface area (Å²) in [4.78, 5) is 10.3. The van der Waals surface area contributed by atoms with E-state index in [0.29, 0.717) is 5.75 Å². The summed E-state index contributed by atoms with van der Waals surface area (Å²) in [5.41, 5.74) is 5.40. The summed E-state index contributed by atoms with van der Waals surface area (Å²) in [5, 5.41) is 8.49. The number of hydrogen-bond donors (Lipinski definition) is 2.